The van der Waals surface area contributed by atoms with E-state index in [1.165, 1.54) is 11.1 Å². The van der Waals surface area contributed by atoms with Crippen molar-refractivity contribution < 1.29 is 4.42 Å². The average Bonchev–Trinajstić information content (AvgIpc) is 2.77. The van der Waals surface area contributed by atoms with Crippen molar-refractivity contribution in [2.24, 2.45) is 0 Å². The van der Waals surface area contributed by atoms with Gasteiger partial charge in [-0.3, -0.25) is 4.90 Å². The highest BCUT2D eigenvalue weighted by Crippen LogP contribution is 2.16. The lowest BCUT2D eigenvalue weighted by Gasteiger charge is -2.16. The van der Waals surface area contributed by atoms with Crippen molar-refractivity contribution in [1.29, 1.82) is 0 Å². The number of rotatable bonds is 6. The van der Waals surface area contributed by atoms with E-state index < -0.39 is 0 Å². The fourth-order valence-electron chi connectivity index (χ4n) is 2.12. The van der Waals surface area contributed by atoms with Crippen LogP contribution in [0.2, 0.25) is 5.02 Å². The Hall–Kier alpha value is -1.29. The summed E-state index contributed by atoms with van der Waals surface area (Å²) in [5.74, 6) is 1.00. The molecule has 0 bridgehead atoms. The van der Waals surface area contributed by atoms with Gasteiger partial charge in [0.2, 0.25) is 0 Å². The van der Waals surface area contributed by atoms with Gasteiger partial charge in [0.05, 0.1) is 12.8 Å². The summed E-state index contributed by atoms with van der Waals surface area (Å²) in [7, 11) is 4.01. The smallest absolute Gasteiger partial charge is 0.122 e. The molecule has 1 N–H and O–H groups in total. The number of halogens is 1. The summed E-state index contributed by atoms with van der Waals surface area (Å²) >= 11 is 6.00. The van der Waals surface area contributed by atoms with Gasteiger partial charge in [-0.15, -0.1) is 0 Å². The zero-order chi connectivity index (χ0) is 13.7. The summed E-state index contributed by atoms with van der Waals surface area (Å²) in [5, 5.41) is 3.89. The molecule has 4 heteroatoms. The molecule has 2 aromatic rings. The maximum atomic E-state index is 6.00. The second kappa shape index (κ2) is 6.75. The molecule has 0 fully saturated rings. The van der Waals surface area contributed by atoms with Crippen LogP contribution in [0.5, 0.6) is 0 Å². The Morgan fingerprint density at radius 3 is 2.84 bits per heavy atom. The van der Waals surface area contributed by atoms with Crippen LogP contribution in [0, 0.1) is 0 Å². The average molecular weight is 279 g/mol. The third-order valence-electron chi connectivity index (χ3n) is 2.96. The van der Waals surface area contributed by atoms with Gasteiger partial charge in [0.25, 0.3) is 0 Å². The quantitative estimate of drug-likeness (QED) is 0.879. The maximum absolute atomic E-state index is 6.00. The van der Waals surface area contributed by atoms with E-state index >= 15 is 0 Å². The molecule has 2 rings (SSSR count). The minimum absolute atomic E-state index is 0.757. The standard InChI is InChI=1S/C15H19ClN2O/c1-17-9-15-13(6-7-19-15)11-18(2)10-12-4-3-5-14(16)8-12/h3-8,17H,9-11H2,1-2H3. The van der Waals surface area contributed by atoms with E-state index in [0.717, 1.165) is 30.4 Å². The third-order valence-corrected chi connectivity index (χ3v) is 3.19. The molecule has 1 aromatic carbocycles. The van der Waals surface area contributed by atoms with Crippen LogP contribution < -0.4 is 5.32 Å². The van der Waals surface area contributed by atoms with E-state index in [0.29, 0.717) is 0 Å². The Balaban J connectivity index is 1.97. The number of nitrogens with zero attached hydrogens (tertiary/aromatic N) is 1. The minimum atomic E-state index is 0.757. The van der Waals surface area contributed by atoms with E-state index in [1.807, 2.05) is 31.3 Å². The van der Waals surface area contributed by atoms with Crippen LogP contribution in [-0.2, 0) is 19.6 Å². The number of hydrogen-bond donors (Lipinski definition) is 1. The van der Waals surface area contributed by atoms with Gasteiger partial charge in [0, 0.05) is 23.7 Å². The van der Waals surface area contributed by atoms with Gasteiger partial charge in [-0.1, -0.05) is 23.7 Å². The molecule has 0 spiro atoms. The summed E-state index contributed by atoms with van der Waals surface area (Å²) in [5.41, 5.74) is 2.44. The van der Waals surface area contributed by atoms with Crippen molar-refractivity contribution in [2.45, 2.75) is 19.6 Å². The van der Waals surface area contributed by atoms with E-state index in [4.69, 9.17) is 16.0 Å². The monoisotopic (exact) mass is 278 g/mol. The summed E-state index contributed by atoms with van der Waals surface area (Å²) < 4.78 is 5.46. The first-order valence-corrected chi connectivity index (χ1v) is 6.69. The van der Waals surface area contributed by atoms with Crippen molar-refractivity contribution in [3.8, 4) is 0 Å². The number of furan rings is 1. The predicted octanol–water partition coefficient (Wildman–Crippen LogP) is 3.28. The molecular formula is C15H19ClN2O. The fourth-order valence-corrected chi connectivity index (χ4v) is 2.33. The van der Waals surface area contributed by atoms with Gasteiger partial charge in [0.15, 0.2) is 0 Å². The molecule has 19 heavy (non-hydrogen) atoms. The molecule has 0 radical (unpaired) electrons. The second-order valence-corrected chi connectivity index (χ2v) is 5.14. The highest BCUT2D eigenvalue weighted by atomic mass is 35.5. The van der Waals surface area contributed by atoms with Gasteiger partial charge >= 0.3 is 0 Å². The summed E-state index contributed by atoms with van der Waals surface area (Å²) in [6.07, 6.45) is 1.75. The number of benzene rings is 1. The first-order chi connectivity index (χ1) is 9.19. The van der Waals surface area contributed by atoms with E-state index in [9.17, 15) is 0 Å². The Labute approximate surface area is 119 Å². The SMILES string of the molecule is CNCc1occc1CN(C)Cc1cccc(Cl)c1. The zero-order valence-corrected chi connectivity index (χ0v) is 12.1. The molecule has 0 saturated carbocycles. The molecule has 0 amide bonds. The Morgan fingerprint density at radius 2 is 2.11 bits per heavy atom. The molecule has 0 aliphatic carbocycles. The lowest BCUT2D eigenvalue weighted by atomic mass is 10.2. The van der Waals surface area contributed by atoms with Crippen LogP contribution in [0.4, 0.5) is 0 Å². The minimum Gasteiger partial charge on any atom is -0.468 e. The largest absolute Gasteiger partial charge is 0.468 e. The Kier molecular flexibility index (Phi) is 5.02. The fraction of sp³-hybridized carbons (Fsp3) is 0.333. The van der Waals surface area contributed by atoms with Gasteiger partial charge in [-0.05, 0) is 37.9 Å². The van der Waals surface area contributed by atoms with Gasteiger partial charge in [0.1, 0.15) is 5.76 Å². The molecule has 0 aliphatic rings. The number of hydrogen-bond acceptors (Lipinski definition) is 3. The van der Waals surface area contributed by atoms with Crippen LogP contribution in [0.1, 0.15) is 16.9 Å². The predicted molar refractivity (Wildman–Crippen MR) is 78.1 cm³/mol. The molecule has 0 saturated heterocycles. The molecule has 0 unspecified atom stereocenters. The van der Waals surface area contributed by atoms with Crippen LogP contribution in [0.15, 0.2) is 41.0 Å². The Bertz CT molecular complexity index is 524. The van der Waals surface area contributed by atoms with E-state index in [-0.39, 0.29) is 0 Å². The van der Waals surface area contributed by atoms with Crippen LogP contribution in [0.25, 0.3) is 0 Å². The molecule has 0 atom stereocenters. The van der Waals surface area contributed by atoms with Crippen LogP contribution >= 0.6 is 11.6 Å². The highest BCUT2D eigenvalue weighted by Gasteiger charge is 2.08. The van der Waals surface area contributed by atoms with Crippen LogP contribution in [-0.4, -0.2) is 19.0 Å². The van der Waals surface area contributed by atoms with E-state index in [1.54, 1.807) is 6.26 Å². The summed E-state index contributed by atoms with van der Waals surface area (Å²) in [6, 6.07) is 10.00. The third kappa shape index (κ3) is 4.10. The first-order valence-electron chi connectivity index (χ1n) is 6.32. The number of nitrogens with one attached hydrogen (secondary N) is 1. The van der Waals surface area contributed by atoms with Crippen LogP contribution in [0.3, 0.4) is 0 Å². The van der Waals surface area contributed by atoms with Crippen molar-refractivity contribution in [1.82, 2.24) is 10.2 Å². The van der Waals surface area contributed by atoms with Crippen molar-refractivity contribution in [3.05, 3.63) is 58.5 Å². The maximum Gasteiger partial charge on any atom is 0.122 e. The molecule has 1 aromatic heterocycles. The summed E-state index contributed by atoms with van der Waals surface area (Å²) in [4.78, 5) is 2.25. The molecular weight excluding hydrogens is 260 g/mol. The van der Waals surface area contributed by atoms with Crippen molar-refractivity contribution in [2.75, 3.05) is 14.1 Å². The zero-order valence-electron chi connectivity index (χ0n) is 11.3. The molecule has 1 heterocycles. The molecule has 102 valence electrons. The van der Waals surface area contributed by atoms with Gasteiger partial charge < -0.3 is 9.73 Å². The topological polar surface area (TPSA) is 28.4 Å². The Morgan fingerprint density at radius 1 is 1.26 bits per heavy atom. The second-order valence-electron chi connectivity index (χ2n) is 4.70. The summed E-state index contributed by atoms with van der Waals surface area (Å²) in [6.45, 7) is 2.48. The van der Waals surface area contributed by atoms with Crippen molar-refractivity contribution >= 4 is 11.6 Å². The normalized spacial score (nSPS) is 11.2. The lowest BCUT2D eigenvalue weighted by Crippen LogP contribution is -2.18. The first kappa shape index (κ1) is 14.1. The molecule has 3 nitrogen and oxygen atoms in total. The van der Waals surface area contributed by atoms with Gasteiger partial charge in [-0.2, -0.15) is 0 Å². The lowest BCUT2D eigenvalue weighted by molar-refractivity contribution is 0.315. The van der Waals surface area contributed by atoms with Gasteiger partial charge in [-0.25, -0.2) is 0 Å². The van der Waals surface area contributed by atoms with E-state index in [2.05, 4.69) is 23.3 Å². The van der Waals surface area contributed by atoms with Crippen molar-refractivity contribution in [3.63, 3.8) is 0 Å². The molecule has 0 aliphatic heterocycles. The highest BCUT2D eigenvalue weighted by molar-refractivity contribution is 6.30.